The number of para-hydroxylation sites is 2. The third-order valence-corrected chi connectivity index (χ3v) is 5.69. The lowest BCUT2D eigenvalue weighted by atomic mass is 9.96. The molecule has 4 aromatic rings. The molecule has 1 saturated heterocycles. The molecule has 1 amide bonds. The van der Waals surface area contributed by atoms with E-state index in [-0.39, 0.29) is 11.7 Å². The van der Waals surface area contributed by atoms with Gasteiger partial charge in [0.05, 0.1) is 17.4 Å². The highest BCUT2D eigenvalue weighted by Gasteiger charge is 2.27. The van der Waals surface area contributed by atoms with Gasteiger partial charge in [-0.25, -0.2) is 14.5 Å². The first kappa shape index (κ1) is 17.8. The quantitative estimate of drug-likeness (QED) is 0.538. The minimum atomic E-state index is -0.112. The average Bonchev–Trinajstić information content (AvgIpc) is 3.33. The van der Waals surface area contributed by atoms with Gasteiger partial charge in [-0.05, 0) is 50.8 Å². The van der Waals surface area contributed by atoms with Crippen LogP contribution in [-0.2, 0) is 6.54 Å². The molecule has 4 heterocycles. The Kier molecular flexibility index (Phi) is 4.26. The SMILES string of the molecule is Cc1cc(C)n2nc(C(=O)N3CCC(Cn4cnc5ccccc54)CC3)nc2n1. The van der Waals surface area contributed by atoms with Crippen LogP contribution in [0.3, 0.4) is 0 Å². The summed E-state index contributed by atoms with van der Waals surface area (Å²) in [5.41, 5.74) is 3.98. The molecule has 3 aromatic heterocycles. The molecule has 1 fully saturated rings. The van der Waals surface area contributed by atoms with Crippen molar-refractivity contribution in [1.82, 2.24) is 34.0 Å². The number of nitrogens with zero attached hydrogens (tertiary/aromatic N) is 7. The summed E-state index contributed by atoms with van der Waals surface area (Å²) in [6, 6.07) is 10.1. The lowest BCUT2D eigenvalue weighted by Gasteiger charge is -2.31. The molecule has 1 aliphatic heterocycles. The molecular formula is C21H23N7O. The number of aryl methyl sites for hydroxylation is 2. The van der Waals surface area contributed by atoms with Crippen molar-refractivity contribution in [3.8, 4) is 0 Å². The monoisotopic (exact) mass is 389 g/mol. The van der Waals surface area contributed by atoms with Gasteiger partial charge in [0.25, 0.3) is 11.7 Å². The first-order chi connectivity index (χ1) is 14.1. The number of piperidine rings is 1. The van der Waals surface area contributed by atoms with Crippen LogP contribution in [0.25, 0.3) is 16.8 Å². The average molecular weight is 389 g/mol. The molecule has 0 unspecified atom stereocenters. The second-order valence-corrected chi connectivity index (χ2v) is 7.81. The molecule has 0 N–H and O–H groups in total. The van der Waals surface area contributed by atoms with Gasteiger partial charge in [0.1, 0.15) is 0 Å². The number of imidazole rings is 1. The predicted molar refractivity (Wildman–Crippen MR) is 109 cm³/mol. The normalized spacial score (nSPS) is 15.4. The largest absolute Gasteiger partial charge is 0.336 e. The highest BCUT2D eigenvalue weighted by molar-refractivity contribution is 5.91. The fourth-order valence-corrected chi connectivity index (χ4v) is 4.15. The Balaban J connectivity index is 1.27. The molecule has 0 bridgehead atoms. The van der Waals surface area contributed by atoms with Crippen molar-refractivity contribution >= 4 is 22.7 Å². The van der Waals surface area contributed by atoms with Crippen molar-refractivity contribution in [2.24, 2.45) is 5.92 Å². The molecular weight excluding hydrogens is 366 g/mol. The maximum absolute atomic E-state index is 12.9. The topological polar surface area (TPSA) is 81.2 Å². The number of hydrogen-bond acceptors (Lipinski definition) is 5. The summed E-state index contributed by atoms with van der Waals surface area (Å²) in [4.78, 5) is 28.0. The van der Waals surface area contributed by atoms with E-state index in [4.69, 9.17) is 0 Å². The summed E-state index contributed by atoms with van der Waals surface area (Å²) in [6.07, 6.45) is 3.84. The molecule has 29 heavy (non-hydrogen) atoms. The fourth-order valence-electron chi connectivity index (χ4n) is 4.15. The van der Waals surface area contributed by atoms with Crippen LogP contribution in [-0.4, -0.2) is 53.0 Å². The lowest BCUT2D eigenvalue weighted by Crippen LogP contribution is -2.39. The molecule has 148 valence electrons. The van der Waals surface area contributed by atoms with Crippen molar-refractivity contribution in [2.75, 3.05) is 13.1 Å². The zero-order chi connectivity index (χ0) is 20.0. The van der Waals surface area contributed by atoms with Gasteiger partial charge in [-0.2, -0.15) is 4.98 Å². The third kappa shape index (κ3) is 3.24. The minimum absolute atomic E-state index is 0.112. The number of amides is 1. The molecule has 0 spiro atoms. The number of aromatic nitrogens is 6. The number of likely N-dealkylation sites (tertiary alicyclic amines) is 1. The smallest absolute Gasteiger partial charge is 0.293 e. The van der Waals surface area contributed by atoms with Crippen LogP contribution in [0.15, 0.2) is 36.7 Å². The maximum Gasteiger partial charge on any atom is 0.293 e. The van der Waals surface area contributed by atoms with E-state index in [0.717, 1.165) is 54.9 Å². The Morgan fingerprint density at radius 1 is 1.14 bits per heavy atom. The van der Waals surface area contributed by atoms with Crippen molar-refractivity contribution < 1.29 is 4.79 Å². The van der Waals surface area contributed by atoms with Crippen molar-refractivity contribution in [3.63, 3.8) is 0 Å². The highest BCUT2D eigenvalue weighted by Crippen LogP contribution is 2.22. The van der Waals surface area contributed by atoms with E-state index in [1.165, 1.54) is 0 Å². The summed E-state index contributed by atoms with van der Waals surface area (Å²) < 4.78 is 3.86. The summed E-state index contributed by atoms with van der Waals surface area (Å²) >= 11 is 0. The number of fused-ring (bicyclic) bond motifs is 2. The molecule has 1 aromatic carbocycles. The number of benzene rings is 1. The van der Waals surface area contributed by atoms with E-state index in [9.17, 15) is 4.79 Å². The predicted octanol–water partition coefficient (Wildman–Crippen LogP) is 2.64. The summed E-state index contributed by atoms with van der Waals surface area (Å²) in [5, 5.41) is 4.38. The maximum atomic E-state index is 12.9. The van der Waals surface area contributed by atoms with Gasteiger partial charge in [-0.15, -0.1) is 5.10 Å². The molecule has 8 nitrogen and oxygen atoms in total. The Morgan fingerprint density at radius 2 is 1.93 bits per heavy atom. The van der Waals surface area contributed by atoms with Crippen LogP contribution in [0.5, 0.6) is 0 Å². The van der Waals surface area contributed by atoms with Gasteiger partial charge in [-0.3, -0.25) is 4.79 Å². The molecule has 0 aliphatic carbocycles. The van der Waals surface area contributed by atoms with Gasteiger partial charge in [0.2, 0.25) is 5.82 Å². The van der Waals surface area contributed by atoms with E-state index in [0.29, 0.717) is 11.7 Å². The van der Waals surface area contributed by atoms with Crippen LogP contribution >= 0.6 is 0 Å². The Morgan fingerprint density at radius 3 is 2.76 bits per heavy atom. The minimum Gasteiger partial charge on any atom is -0.336 e. The number of rotatable bonds is 3. The third-order valence-electron chi connectivity index (χ3n) is 5.69. The van der Waals surface area contributed by atoms with Crippen LogP contribution in [0.1, 0.15) is 34.8 Å². The van der Waals surface area contributed by atoms with Crippen LogP contribution in [0.2, 0.25) is 0 Å². The Labute approximate surface area is 168 Å². The van der Waals surface area contributed by atoms with Gasteiger partial charge >= 0.3 is 0 Å². The second-order valence-electron chi connectivity index (χ2n) is 7.81. The van der Waals surface area contributed by atoms with E-state index < -0.39 is 0 Å². The first-order valence-corrected chi connectivity index (χ1v) is 9.98. The Hall–Kier alpha value is -3.29. The molecule has 0 radical (unpaired) electrons. The van der Waals surface area contributed by atoms with Gasteiger partial charge in [-0.1, -0.05) is 12.1 Å². The van der Waals surface area contributed by atoms with Gasteiger partial charge in [0, 0.05) is 31.0 Å². The fraction of sp³-hybridized carbons (Fsp3) is 0.381. The van der Waals surface area contributed by atoms with Crippen molar-refractivity contribution in [3.05, 3.63) is 53.9 Å². The lowest BCUT2D eigenvalue weighted by molar-refractivity contribution is 0.0671. The van der Waals surface area contributed by atoms with E-state index >= 15 is 0 Å². The number of hydrogen-bond donors (Lipinski definition) is 0. The molecule has 5 rings (SSSR count). The zero-order valence-corrected chi connectivity index (χ0v) is 16.6. The summed E-state index contributed by atoms with van der Waals surface area (Å²) in [7, 11) is 0. The zero-order valence-electron chi connectivity index (χ0n) is 16.6. The standard InChI is InChI=1S/C21H23N7O/c1-14-11-15(2)28-21(23-14)24-19(25-28)20(29)26-9-7-16(8-10-26)12-27-13-22-17-5-3-4-6-18(17)27/h3-6,11,13,16H,7-10,12H2,1-2H3. The van der Waals surface area contributed by atoms with Gasteiger partial charge < -0.3 is 9.47 Å². The molecule has 0 atom stereocenters. The molecule has 1 aliphatic rings. The van der Waals surface area contributed by atoms with Crippen molar-refractivity contribution in [2.45, 2.75) is 33.2 Å². The van der Waals surface area contributed by atoms with Crippen LogP contribution < -0.4 is 0 Å². The number of carbonyl (C=O) groups excluding carboxylic acids is 1. The Bertz CT molecular complexity index is 1200. The summed E-state index contributed by atoms with van der Waals surface area (Å²) in [6.45, 7) is 6.22. The van der Waals surface area contributed by atoms with Gasteiger partial charge in [0.15, 0.2) is 0 Å². The molecule has 8 heteroatoms. The van der Waals surface area contributed by atoms with E-state index in [1.807, 2.05) is 49.3 Å². The van der Waals surface area contributed by atoms with E-state index in [2.05, 4.69) is 30.7 Å². The second kappa shape index (κ2) is 6.95. The van der Waals surface area contributed by atoms with Crippen molar-refractivity contribution in [1.29, 1.82) is 0 Å². The van der Waals surface area contributed by atoms with Crippen LogP contribution in [0, 0.1) is 19.8 Å². The highest BCUT2D eigenvalue weighted by atomic mass is 16.2. The van der Waals surface area contributed by atoms with Crippen LogP contribution in [0.4, 0.5) is 0 Å². The first-order valence-electron chi connectivity index (χ1n) is 9.98. The number of carbonyl (C=O) groups is 1. The summed E-state index contributed by atoms with van der Waals surface area (Å²) in [5.74, 6) is 1.12. The van der Waals surface area contributed by atoms with E-state index in [1.54, 1.807) is 4.52 Å². The molecule has 0 saturated carbocycles.